The summed E-state index contributed by atoms with van der Waals surface area (Å²) in [5.41, 5.74) is 9.48. The minimum Gasteiger partial charge on any atom is -0.307 e. The Balaban J connectivity index is 2.79. The molecule has 0 bridgehead atoms. The van der Waals surface area contributed by atoms with Gasteiger partial charge in [-0.3, -0.25) is 4.79 Å². The van der Waals surface area contributed by atoms with Gasteiger partial charge in [-0.25, -0.2) is 0 Å². The number of hydrogen-bond acceptors (Lipinski definition) is 3. The molecule has 0 aliphatic heterocycles. The zero-order valence-corrected chi connectivity index (χ0v) is 4.42. The average molecular weight is 112 g/mol. The maximum Gasteiger partial charge on any atom is 0.189 e. The van der Waals surface area contributed by atoms with Crippen LogP contribution in [0, 0.1) is 0 Å². The van der Waals surface area contributed by atoms with Gasteiger partial charge >= 0.3 is 0 Å². The highest BCUT2D eigenvalue weighted by Crippen LogP contribution is 2.09. The van der Waals surface area contributed by atoms with Gasteiger partial charge in [-0.15, -0.1) is 0 Å². The highest BCUT2D eigenvalue weighted by atomic mass is 16.1. The molecule has 3 heteroatoms. The lowest BCUT2D eigenvalue weighted by molar-refractivity contribution is -0.118. The summed E-state index contributed by atoms with van der Waals surface area (Å²) in [6.07, 6.45) is 3.56. The van der Waals surface area contributed by atoms with Crippen LogP contribution in [-0.2, 0) is 4.79 Å². The predicted molar refractivity (Wildman–Crippen MR) is 29.9 cm³/mol. The summed E-state index contributed by atoms with van der Waals surface area (Å²) in [4.78, 5) is 10.6. The first-order valence-corrected chi connectivity index (χ1v) is 2.42. The fourth-order valence-corrected chi connectivity index (χ4v) is 0.617. The molecular formula is C5H8N2O. The van der Waals surface area contributed by atoms with E-state index in [4.69, 9.17) is 11.5 Å². The first-order chi connectivity index (χ1) is 3.63. The molecule has 1 aliphatic carbocycles. The maximum atomic E-state index is 10.6. The van der Waals surface area contributed by atoms with E-state index in [1.54, 1.807) is 6.08 Å². The van der Waals surface area contributed by atoms with E-state index >= 15 is 0 Å². The van der Waals surface area contributed by atoms with Crippen molar-refractivity contribution in [2.45, 2.75) is 12.1 Å². The van der Waals surface area contributed by atoms with E-state index in [0.717, 1.165) is 0 Å². The van der Waals surface area contributed by atoms with E-state index in [0.29, 0.717) is 6.42 Å². The van der Waals surface area contributed by atoms with Gasteiger partial charge in [-0.05, 0) is 6.08 Å². The summed E-state index contributed by atoms with van der Waals surface area (Å²) in [5.74, 6) is -0.183. The number of nitrogens with two attached hydrogens (primary N) is 2. The molecule has 0 spiro atoms. The molecule has 1 rings (SSSR count). The molecule has 0 amide bonds. The topological polar surface area (TPSA) is 69.1 Å². The van der Waals surface area contributed by atoms with Crippen LogP contribution in [0.25, 0.3) is 0 Å². The van der Waals surface area contributed by atoms with Crippen LogP contribution in [0.15, 0.2) is 12.2 Å². The molecule has 0 aromatic rings. The molecule has 0 aromatic carbocycles. The van der Waals surface area contributed by atoms with Gasteiger partial charge in [-0.1, -0.05) is 6.08 Å². The second kappa shape index (κ2) is 1.40. The van der Waals surface area contributed by atoms with Crippen LogP contribution >= 0.6 is 0 Å². The predicted octanol–water partition coefficient (Wildman–Crippen LogP) is -0.871. The summed E-state index contributed by atoms with van der Waals surface area (Å²) in [7, 11) is 0. The van der Waals surface area contributed by atoms with E-state index in [9.17, 15) is 4.79 Å². The minimum atomic E-state index is -1.10. The van der Waals surface area contributed by atoms with E-state index in [-0.39, 0.29) is 5.78 Å². The molecule has 8 heavy (non-hydrogen) atoms. The maximum absolute atomic E-state index is 10.6. The zero-order chi connectivity index (χ0) is 6.20. The Morgan fingerprint density at radius 1 is 1.62 bits per heavy atom. The first kappa shape index (κ1) is 5.47. The van der Waals surface area contributed by atoms with Crippen molar-refractivity contribution in [3.63, 3.8) is 0 Å². The van der Waals surface area contributed by atoms with Crippen LogP contribution in [0.1, 0.15) is 6.42 Å². The van der Waals surface area contributed by atoms with Crippen molar-refractivity contribution in [3.8, 4) is 0 Å². The fourth-order valence-electron chi connectivity index (χ4n) is 0.617. The molecule has 4 N–H and O–H groups in total. The van der Waals surface area contributed by atoms with E-state index in [2.05, 4.69) is 0 Å². The Hall–Kier alpha value is -0.670. The Labute approximate surface area is 47.3 Å². The molecule has 0 heterocycles. The molecule has 44 valence electrons. The number of carbonyl (C=O) groups is 1. The van der Waals surface area contributed by atoms with Crippen LogP contribution in [0.4, 0.5) is 0 Å². The van der Waals surface area contributed by atoms with Gasteiger partial charge in [0.15, 0.2) is 5.78 Å². The van der Waals surface area contributed by atoms with E-state index in [1.807, 2.05) is 0 Å². The largest absolute Gasteiger partial charge is 0.307 e. The summed E-state index contributed by atoms with van der Waals surface area (Å²) in [5, 5.41) is 0. The molecule has 0 fully saturated rings. The number of rotatable bonds is 0. The van der Waals surface area contributed by atoms with Gasteiger partial charge in [0.25, 0.3) is 0 Å². The van der Waals surface area contributed by atoms with Crippen molar-refractivity contribution in [1.29, 1.82) is 0 Å². The minimum absolute atomic E-state index is 0.183. The first-order valence-electron chi connectivity index (χ1n) is 2.42. The second-order valence-corrected chi connectivity index (χ2v) is 2.01. The number of carbonyl (C=O) groups excluding carboxylic acids is 1. The van der Waals surface area contributed by atoms with Gasteiger partial charge < -0.3 is 11.5 Å². The van der Waals surface area contributed by atoms with E-state index < -0.39 is 5.66 Å². The molecular weight excluding hydrogens is 104 g/mol. The summed E-state index contributed by atoms with van der Waals surface area (Å²) in [6.45, 7) is 0. The average Bonchev–Trinajstić information content (AvgIpc) is 1.86. The normalized spacial score (nSPS) is 24.5. The third-order valence-corrected chi connectivity index (χ3v) is 1.18. The van der Waals surface area contributed by atoms with Crippen LogP contribution < -0.4 is 11.5 Å². The third kappa shape index (κ3) is 0.657. The SMILES string of the molecule is NC1(N)CC=CC1=O. The molecule has 0 radical (unpaired) electrons. The van der Waals surface area contributed by atoms with Crippen molar-refractivity contribution >= 4 is 5.78 Å². The Bertz CT molecular complexity index is 149. The third-order valence-electron chi connectivity index (χ3n) is 1.18. The Morgan fingerprint density at radius 2 is 2.25 bits per heavy atom. The second-order valence-electron chi connectivity index (χ2n) is 2.01. The molecule has 0 saturated heterocycles. The lowest BCUT2D eigenvalue weighted by atomic mass is 10.1. The highest BCUT2D eigenvalue weighted by molar-refractivity contribution is 5.99. The molecule has 3 nitrogen and oxygen atoms in total. The fraction of sp³-hybridized carbons (Fsp3) is 0.400. The quantitative estimate of drug-likeness (QED) is 0.400. The molecule has 0 unspecified atom stereocenters. The summed E-state index contributed by atoms with van der Waals surface area (Å²) >= 11 is 0. The summed E-state index contributed by atoms with van der Waals surface area (Å²) < 4.78 is 0. The van der Waals surface area contributed by atoms with Crippen molar-refractivity contribution < 1.29 is 4.79 Å². The van der Waals surface area contributed by atoms with Gasteiger partial charge in [-0.2, -0.15) is 0 Å². The highest BCUT2D eigenvalue weighted by Gasteiger charge is 2.29. The standard InChI is InChI=1S/C5H8N2O/c6-5(7)3-1-2-4(5)8/h1-2H,3,6-7H2. The zero-order valence-electron chi connectivity index (χ0n) is 4.42. The van der Waals surface area contributed by atoms with Crippen molar-refractivity contribution in [2.24, 2.45) is 11.5 Å². The number of ketones is 1. The van der Waals surface area contributed by atoms with Crippen molar-refractivity contribution in [1.82, 2.24) is 0 Å². The van der Waals surface area contributed by atoms with Crippen LogP contribution in [0.5, 0.6) is 0 Å². The molecule has 0 atom stereocenters. The Morgan fingerprint density at radius 3 is 2.38 bits per heavy atom. The van der Waals surface area contributed by atoms with Crippen LogP contribution in [-0.4, -0.2) is 11.4 Å². The molecule has 0 aromatic heterocycles. The van der Waals surface area contributed by atoms with Gasteiger partial charge in [0.05, 0.1) is 0 Å². The van der Waals surface area contributed by atoms with Crippen molar-refractivity contribution in [3.05, 3.63) is 12.2 Å². The molecule has 1 aliphatic rings. The lowest BCUT2D eigenvalue weighted by Crippen LogP contribution is -2.53. The van der Waals surface area contributed by atoms with Gasteiger partial charge in [0.2, 0.25) is 0 Å². The van der Waals surface area contributed by atoms with Gasteiger partial charge in [0, 0.05) is 6.42 Å². The van der Waals surface area contributed by atoms with E-state index in [1.165, 1.54) is 6.08 Å². The Kier molecular flexibility index (Phi) is 0.957. The monoisotopic (exact) mass is 112 g/mol. The number of hydrogen-bond donors (Lipinski definition) is 2. The van der Waals surface area contributed by atoms with Crippen LogP contribution in [0.2, 0.25) is 0 Å². The molecule has 0 saturated carbocycles. The van der Waals surface area contributed by atoms with Crippen LogP contribution in [0.3, 0.4) is 0 Å². The smallest absolute Gasteiger partial charge is 0.189 e. The van der Waals surface area contributed by atoms with Gasteiger partial charge in [0.1, 0.15) is 5.66 Å². The lowest BCUT2D eigenvalue weighted by Gasteiger charge is -2.12. The van der Waals surface area contributed by atoms with Crippen molar-refractivity contribution in [2.75, 3.05) is 0 Å². The summed E-state index contributed by atoms with van der Waals surface area (Å²) in [6, 6.07) is 0.